The highest BCUT2D eigenvalue weighted by atomic mass is 19.4. The second kappa shape index (κ2) is 6.43. The van der Waals surface area contributed by atoms with E-state index in [1.54, 1.807) is 12.1 Å². The summed E-state index contributed by atoms with van der Waals surface area (Å²) in [6.07, 6.45) is -3.48. The number of carbonyl (C=O) groups excluding carboxylic acids is 1. The van der Waals surface area contributed by atoms with Crippen molar-refractivity contribution in [1.82, 2.24) is 4.98 Å². The van der Waals surface area contributed by atoms with E-state index < -0.39 is 28.5 Å². The molecule has 0 aliphatic heterocycles. The Bertz CT molecular complexity index is 1000. The lowest BCUT2D eigenvalue weighted by Gasteiger charge is -2.09. The van der Waals surface area contributed by atoms with E-state index >= 15 is 0 Å². The van der Waals surface area contributed by atoms with Crippen molar-refractivity contribution in [2.24, 2.45) is 0 Å². The van der Waals surface area contributed by atoms with Crippen LogP contribution < -0.4 is 4.74 Å². The first-order chi connectivity index (χ1) is 12.3. The van der Waals surface area contributed by atoms with Gasteiger partial charge in [0.15, 0.2) is 5.78 Å². The first-order valence-corrected chi connectivity index (χ1v) is 7.19. The zero-order valence-corrected chi connectivity index (χ0v) is 12.9. The minimum absolute atomic E-state index is 0.0158. The molecule has 6 nitrogen and oxygen atoms in total. The molecule has 3 aromatic rings. The molecule has 0 aliphatic rings. The van der Waals surface area contributed by atoms with Crippen molar-refractivity contribution in [2.45, 2.75) is 6.36 Å². The number of ketones is 1. The Morgan fingerprint density at radius 1 is 1.08 bits per heavy atom. The largest absolute Gasteiger partial charge is 0.573 e. The molecule has 1 aromatic heterocycles. The van der Waals surface area contributed by atoms with Crippen molar-refractivity contribution < 1.29 is 27.6 Å². The molecule has 9 heteroatoms. The van der Waals surface area contributed by atoms with Crippen LogP contribution in [0.25, 0.3) is 10.9 Å². The molecule has 0 amide bonds. The third-order valence-electron chi connectivity index (χ3n) is 3.53. The number of benzene rings is 2. The molecule has 3 rings (SSSR count). The minimum atomic E-state index is -4.85. The van der Waals surface area contributed by atoms with Crippen LogP contribution in [0, 0.1) is 10.1 Å². The van der Waals surface area contributed by atoms with Gasteiger partial charge >= 0.3 is 12.0 Å². The summed E-state index contributed by atoms with van der Waals surface area (Å²) in [6, 6.07) is 10.2. The number of alkyl halides is 3. The van der Waals surface area contributed by atoms with Gasteiger partial charge in [0.25, 0.3) is 0 Å². The Balaban J connectivity index is 2.02. The Labute approximate surface area is 144 Å². The van der Waals surface area contributed by atoms with Gasteiger partial charge in [0, 0.05) is 17.1 Å². The third-order valence-corrected chi connectivity index (χ3v) is 3.53. The summed E-state index contributed by atoms with van der Waals surface area (Å²) in [5, 5.41) is 11.9. The summed E-state index contributed by atoms with van der Waals surface area (Å²) in [5.41, 5.74) is -0.618. The summed E-state index contributed by atoms with van der Waals surface area (Å²) in [4.78, 5) is 27.3. The topological polar surface area (TPSA) is 82.3 Å². The van der Waals surface area contributed by atoms with Gasteiger partial charge < -0.3 is 4.74 Å². The lowest BCUT2D eigenvalue weighted by molar-refractivity contribution is -0.383. The Morgan fingerprint density at radius 3 is 2.38 bits per heavy atom. The number of hydrogen-bond donors (Lipinski definition) is 0. The SMILES string of the molecule is O=C(c1ccc(OC(F)(F)F)cc1)c1ccc2cccnc2c1[N+](=O)[O-]. The number of fused-ring (bicyclic) bond motifs is 1. The van der Waals surface area contributed by atoms with E-state index in [2.05, 4.69) is 9.72 Å². The van der Waals surface area contributed by atoms with Gasteiger partial charge in [0.05, 0.1) is 4.92 Å². The first-order valence-electron chi connectivity index (χ1n) is 7.19. The van der Waals surface area contributed by atoms with Gasteiger partial charge in [0.1, 0.15) is 16.8 Å². The monoisotopic (exact) mass is 362 g/mol. The number of nitro benzene ring substituents is 1. The number of hydrogen-bond acceptors (Lipinski definition) is 5. The molecule has 1 heterocycles. The van der Waals surface area contributed by atoms with E-state index in [1.807, 2.05) is 0 Å². The highest BCUT2D eigenvalue weighted by molar-refractivity contribution is 6.14. The summed E-state index contributed by atoms with van der Waals surface area (Å²) in [6.45, 7) is 0. The zero-order valence-electron chi connectivity index (χ0n) is 12.9. The van der Waals surface area contributed by atoms with Crippen LogP contribution in [0.1, 0.15) is 15.9 Å². The van der Waals surface area contributed by atoms with Crippen LogP contribution in [0.3, 0.4) is 0 Å². The predicted molar refractivity (Wildman–Crippen MR) is 85.0 cm³/mol. The molecule has 0 spiro atoms. The van der Waals surface area contributed by atoms with Crippen molar-refractivity contribution >= 4 is 22.4 Å². The van der Waals surface area contributed by atoms with Crippen LogP contribution in [0.2, 0.25) is 0 Å². The fraction of sp³-hybridized carbons (Fsp3) is 0.0588. The molecular weight excluding hydrogens is 353 g/mol. The Morgan fingerprint density at radius 2 is 1.77 bits per heavy atom. The standard InChI is InChI=1S/C17H9F3N2O4/c18-17(19,20)26-12-6-3-11(4-7-12)16(23)13-8-5-10-2-1-9-21-14(10)15(13)22(24)25/h1-9H. The van der Waals surface area contributed by atoms with E-state index in [1.165, 1.54) is 18.3 Å². The molecule has 0 saturated heterocycles. The number of halogens is 3. The van der Waals surface area contributed by atoms with E-state index in [4.69, 9.17) is 0 Å². The van der Waals surface area contributed by atoms with E-state index in [0.717, 1.165) is 24.3 Å². The molecule has 132 valence electrons. The summed E-state index contributed by atoms with van der Waals surface area (Å²) < 4.78 is 40.3. The van der Waals surface area contributed by atoms with Crippen LogP contribution in [-0.4, -0.2) is 22.1 Å². The number of nitrogens with zero attached hydrogens (tertiary/aromatic N) is 2. The van der Waals surface area contributed by atoms with E-state index in [-0.39, 0.29) is 16.6 Å². The molecule has 0 unspecified atom stereocenters. The van der Waals surface area contributed by atoms with Crippen molar-refractivity contribution in [1.29, 1.82) is 0 Å². The number of nitro groups is 1. The molecule has 0 radical (unpaired) electrons. The Hall–Kier alpha value is -3.49. The number of aromatic nitrogens is 1. The summed E-state index contributed by atoms with van der Waals surface area (Å²) in [5.74, 6) is -1.20. The van der Waals surface area contributed by atoms with Crippen LogP contribution in [0.15, 0.2) is 54.7 Å². The summed E-state index contributed by atoms with van der Waals surface area (Å²) >= 11 is 0. The van der Waals surface area contributed by atoms with E-state index in [0.29, 0.717) is 5.39 Å². The fourth-order valence-corrected chi connectivity index (χ4v) is 2.46. The lowest BCUT2D eigenvalue weighted by Crippen LogP contribution is -2.17. The molecule has 0 saturated carbocycles. The van der Waals surface area contributed by atoms with Crippen molar-refractivity contribution in [3.05, 3.63) is 76.0 Å². The highest BCUT2D eigenvalue weighted by Gasteiger charge is 2.31. The van der Waals surface area contributed by atoms with Gasteiger partial charge in [-0.2, -0.15) is 0 Å². The quantitative estimate of drug-likeness (QED) is 0.393. The number of carbonyl (C=O) groups is 1. The fourth-order valence-electron chi connectivity index (χ4n) is 2.46. The van der Waals surface area contributed by atoms with Gasteiger partial charge in [-0.3, -0.25) is 14.9 Å². The highest BCUT2D eigenvalue weighted by Crippen LogP contribution is 2.30. The average molecular weight is 362 g/mol. The molecule has 0 aliphatic carbocycles. The smallest absolute Gasteiger partial charge is 0.406 e. The first kappa shape index (κ1) is 17.3. The van der Waals surface area contributed by atoms with Crippen molar-refractivity contribution in [2.75, 3.05) is 0 Å². The second-order valence-electron chi connectivity index (χ2n) is 5.20. The van der Waals surface area contributed by atoms with Gasteiger partial charge in [-0.25, -0.2) is 4.98 Å². The van der Waals surface area contributed by atoms with Gasteiger partial charge in [0.2, 0.25) is 0 Å². The maximum atomic E-state index is 12.6. The molecule has 0 N–H and O–H groups in total. The number of rotatable bonds is 4. The summed E-state index contributed by atoms with van der Waals surface area (Å²) in [7, 11) is 0. The lowest BCUT2D eigenvalue weighted by atomic mass is 9.99. The molecule has 0 fully saturated rings. The van der Waals surface area contributed by atoms with Gasteiger partial charge in [-0.05, 0) is 36.4 Å². The maximum absolute atomic E-state index is 12.6. The van der Waals surface area contributed by atoms with Crippen molar-refractivity contribution in [3.8, 4) is 5.75 Å². The van der Waals surface area contributed by atoms with Crippen LogP contribution in [0.4, 0.5) is 18.9 Å². The molecule has 0 atom stereocenters. The third kappa shape index (κ3) is 3.46. The number of pyridine rings is 1. The molecule has 26 heavy (non-hydrogen) atoms. The zero-order chi connectivity index (χ0) is 18.9. The average Bonchev–Trinajstić information content (AvgIpc) is 2.59. The van der Waals surface area contributed by atoms with Crippen LogP contribution in [0.5, 0.6) is 5.75 Å². The molecular formula is C17H9F3N2O4. The Kier molecular flexibility index (Phi) is 4.29. The van der Waals surface area contributed by atoms with E-state index in [9.17, 15) is 28.1 Å². The predicted octanol–water partition coefficient (Wildman–Crippen LogP) is 4.27. The normalized spacial score (nSPS) is 11.3. The number of ether oxygens (including phenoxy) is 1. The minimum Gasteiger partial charge on any atom is -0.406 e. The molecule has 0 bridgehead atoms. The maximum Gasteiger partial charge on any atom is 0.573 e. The van der Waals surface area contributed by atoms with Gasteiger partial charge in [-0.1, -0.05) is 12.1 Å². The van der Waals surface area contributed by atoms with Crippen molar-refractivity contribution in [3.63, 3.8) is 0 Å². The molecule has 2 aromatic carbocycles. The van der Waals surface area contributed by atoms with Crippen LogP contribution >= 0.6 is 0 Å². The van der Waals surface area contributed by atoms with Gasteiger partial charge in [-0.15, -0.1) is 13.2 Å². The second-order valence-corrected chi connectivity index (χ2v) is 5.20. The van der Waals surface area contributed by atoms with Crippen LogP contribution in [-0.2, 0) is 0 Å².